The van der Waals surface area contributed by atoms with E-state index in [1.807, 2.05) is 13.0 Å². The summed E-state index contributed by atoms with van der Waals surface area (Å²) in [7, 11) is 0.421. The second-order valence-electron chi connectivity index (χ2n) is 4.33. The highest BCUT2D eigenvalue weighted by atomic mass is 127. The summed E-state index contributed by atoms with van der Waals surface area (Å²) >= 11 is 1.45. The SMILES string of the molecule is Cc1cc(C(=O)N(C)C)ccc1CCS(=O)(=O)I. The number of amides is 1. The lowest BCUT2D eigenvalue weighted by Crippen LogP contribution is -2.21. The molecule has 100 valence electrons. The molecule has 1 rings (SSSR count). The molecule has 18 heavy (non-hydrogen) atoms. The molecule has 0 bridgehead atoms. The highest BCUT2D eigenvalue weighted by molar-refractivity contribution is 14.2. The van der Waals surface area contributed by atoms with Gasteiger partial charge in [-0.05, 0) is 36.6 Å². The van der Waals surface area contributed by atoms with E-state index in [0.29, 0.717) is 12.0 Å². The normalized spacial score (nSPS) is 11.3. The first-order valence-corrected chi connectivity index (χ1v) is 9.64. The summed E-state index contributed by atoms with van der Waals surface area (Å²) in [6, 6.07) is 5.37. The maximum Gasteiger partial charge on any atom is 0.253 e. The Morgan fingerprint density at radius 1 is 1.33 bits per heavy atom. The van der Waals surface area contributed by atoms with Crippen LogP contribution in [0.5, 0.6) is 0 Å². The molecular formula is C12H16INO3S. The lowest BCUT2D eigenvalue weighted by molar-refractivity contribution is 0.0827. The van der Waals surface area contributed by atoms with E-state index in [0.717, 1.165) is 11.1 Å². The van der Waals surface area contributed by atoms with Crippen LogP contribution in [0, 0.1) is 6.92 Å². The number of benzene rings is 1. The van der Waals surface area contributed by atoms with Crippen molar-refractivity contribution in [2.75, 3.05) is 19.8 Å². The molecule has 0 aliphatic rings. The van der Waals surface area contributed by atoms with Gasteiger partial charge in [-0.2, -0.15) is 0 Å². The summed E-state index contributed by atoms with van der Waals surface area (Å²) in [4.78, 5) is 13.3. The molecule has 1 amide bonds. The van der Waals surface area contributed by atoms with Crippen LogP contribution in [0.3, 0.4) is 0 Å². The first-order chi connectivity index (χ1) is 8.20. The highest BCUT2D eigenvalue weighted by Gasteiger charge is 2.11. The van der Waals surface area contributed by atoms with Gasteiger partial charge in [-0.15, -0.1) is 0 Å². The van der Waals surface area contributed by atoms with Crippen molar-refractivity contribution in [3.8, 4) is 0 Å². The van der Waals surface area contributed by atoms with Gasteiger partial charge in [-0.3, -0.25) is 4.79 Å². The molecule has 0 aromatic heterocycles. The van der Waals surface area contributed by atoms with Crippen molar-refractivity contribution in [2.24, 2.45) is 0 Å². The van der Waals surface area contributed by atoms with Gasteiger partial charge in [-0.1, -0.05) is 6.07 Å². The number of hydrogen-bond acceptors (Lipinski definition) is 3. The number of aryl methyl sites for hydroxylation is 2. The van der Waals surface area contributed by atoms with Gasteiger partial charge in [0, 0.05) is 19.7 Å². The van der Waals surface area contributed by atoms with Crippen molar-refractivity contribution < 1.29 is 13.2 Å². The van der Waals surface area contributed by atoms with E-state index in [2.05, 4.69) is 0 Å². The van der Waals surface area contributed by atoms with Crippen molar-refractivity contribution in [3.63, 3.8) is 0 Å². The molecule has 0 unspecified atom stereocenters. The number of halogens is 1. The lowest BCUT2D eigenvalue weighted by atomic mass is 10.0. The first kappa shape index (κ1) is 15.4. The van der Waals surface area contributed by atoms with Crippen LogP contribution < -0.4 is 0 Å². The van der Waals surface area contributed by atoms with Crippen molar-refractivity contribution in [2.45, 2.75) is 13.3 Å². The molecule has 0 saturated carbocycles. The Morgan fingerprint density at radius 3 is 2.39 bits per heavy atom. The lowest BCUT2D eigenvalue weighted by Gasteiger charge is -2.12. The minimum absolute atomic E-state index is 0.0498. The van der Waals surface area contributed by atoms with Crippen molar-refractivity contribution >= 4 is 34.1 Å². The quantitative estimate of drug-likeness (QED) is 0.592. The van der Waals surface area contributed by atoms with Gasteiger partial charge in [0.25, 0.3) is 5.91 Å². The topological polar surface area (TPSA) is 54.5 Å². The molecule has 0 fully saturated rings. The Labute approximate surface area is 120 Å². The van der Waals surface area contributed by atoms with Crippen LogP contribution in [0.2, 0.25) is 0 Å². The predicted octanol–water partition coefficient (Wildman–Crippen LogP) is 2.00. The molecule has 1 aromatic rings. The largest absolute Gasteiger partial charge is 0.345 e. The number of hydrogen-bond donors (Lipinski definition) is 0. The standard InChI is InChI=1S/C12H16INO3S/c1-9-8-11(12(15)14(2)3)5-4-10(9)6-7-18(13,16)17/h4-5,8H,6-7H2,1-3H3. The summed E-state index contributed by atoms with van der Waals surface area (Å²) < 4.78 is 22.2. The minimum Gasteiger partial charge on any atom is -0.345 e. The summed E-state index contributed by atoms with van der Waals surface area (Å²) in [6.07, 6.45) is 0.480. The fourth-order valence-corrected chi connectivity index (χ4v) is 2.72. The zero-order chi connectivity index (χ0) is 13.9. The molecule has 0 radical (unpaired) electrons. The molecule has 0 spiro atoms. The molecule has 0 N–H and O–H groups in total. The first-order valence-electron chi connectivity index (χ1n) is 5.44. The molecule has 0 saturated heterocycles. The fraction of sp³-hybridized carbons (Fsp3) is 0.417. The summed E-state index contributed by atoms with van der Waals surface area (Å²) in [5.41, 5.74) is 2.53. The van der Waals surface area contributed by atoms with Gasteiger partial charge in [-0.25, -0.2) is 8.42 Å². The van der Waals surface area contributed by atoms with Crippen LogP contribution in [0.4, 0.5) is 0 Å². The third-order valence-electron chi connectivity index (χ3n) is 2.61. The molecule has 4 nitrogen and oxygen atoms in total. The van der Waals surface area contributed by atoms with Crippen LogP contribution in [0.1, 0.15) is 21.5 Å². The Morgan fingerprint density at radius 2 is 1.94 bits per heavy atom. The Kier molecular flexibility index (Phi) is 5.15. The zero-order valence-corrected chi connectivity index (χ0v) is 13.6. The number of nitrogens with zero attached hydrogens (tertiary/aromatic N) is 1. The monoisotopic (exact) mass is 381 g/mol. The van der Waals surface area contributed by atoms with Gasteiger partial charge < -0.3 is 4.90 Å². The van der Waals surface area contributed by atoms with Gasteiger partial charge in [0.15, 0.2) is 0 Å². The highest BCUT2D eigenvalue weighted by Crippen LogP contribution is 2.15. The van der Waals surface area contributed by atoms with Crippen LogP contribution in [-0.2, 0) is 13.4 Å². The summed E-state index contributed by atoms with van der Waals surface area (Å²) in [5, 5.41) is 0. The average Bonchev–Trinajstić information content (AvgIpc) is 2.25. The number of carbonyl (C=O) groups excluding carboxylic acids is 1. The molecule has 6 heteroatoms. The van der Waals surface area contributed by atoms with E-state index in [1.165, 1.54) is 26.1 Å². The van der Waals surface area contributed by atoms with Crippen molar-refractivity contribution in [1.82, 2.24) is 4.90 Å². The van der Waals surface area contributed by atoms with E-state index in [1.54, 1.807) is 26.2 Å². The van der Waals surface area contributed by atoms with Gasteiger partial charge in [0.2, 0.25) is 7.01 Å². The molecule has 0 aliphatic heterocycles. The van der Waals surface area contributed by atoms with Crippen LogP contribution >= 0.6 is 21.2 Å². The maximum absolute atomic E-state index is 11.8. The van der Waals surface area contributed by atoms with Gasteiger partial charge >= 0.3 is 0 Å². The maximum atomic E-state index is 11.8. The number of rotatable bonds is 4. The number of carbonyl (C=O) groups is 1. The molecule has 0 aliphatic carbocycles. The van der Waals surface area contributed by atoms with E-state index in [4.69, 9.17) is 0 Å². The minimum atomic E-state index is -2.98. The van der Waals surface area contributed by atoms with E-state index in [-0.39, 0.29) is 11.7 Å². The average molecular weight is 381 g/mol. The smallest absolute Gasteiger partial charge is 0.253 e. The van der Waals surface area contributed by atoms with Crippen LogP contribution in [-0.4, -0.2) is 39.1 Å². The molecule has 0 heterocycles. The van der Waals surface area contributed by atoms with E-state index in [9.17, 15) is 13.2 Å². The molecule has 0 atom stereocenters. The molecule has 1 aromatic carbocycles. The van der Waals surface area contributed by atoms with Crippen molar-refractivity contribution in [3.05, 3.63) is 34.9 Å². The van der Waals surface area contributed by atoms with Crippen LogP contribution in [0.25, 0.3) is 0 Å². The Balaban J connectivity index is 2.90. The predicted molar refractivity (Wildman–Crippen MR) is 80.7 cm³/mol. The third-order valence-corrected chi connectivity index (χ3v) is 4.62. The van der Waals surface area contributed by atoms with Gasteiger partial charge in [0.05, 0.1) is 27.0 Å². The Bertz CT molecular complexity index is 552. The fourth-order valence-electron chi connectivity index (χ4n) is 1.60. The van der Waals surface area contributed by atoms with Gasteiger partial charge in [0.1, 0.15) is 0 Å². The zero-order valence-electron chi connectivity index (χ0n) is 10.6. The van der Waals surface area contributed by atoms with Crippen LogP contribution in [0.15, 0.2) is 18.2 Å². The third kappa shape index (κ3) is 4.56. The van der Waals surface area contributed by atoms with E-state index < -0.39 is 7.01 Å². The second kappa shape index (κ2) is 6.01. The molecular weight excluding hydrogens is 365 g/mol. The summed E-state index contributed by atoms with van der Waals surface area (Å²) in [5.74, 6) is 0.0706. The van der Waals surface area contributed by atoms with E-state index >= 15 is 0 Å². The second-order valence-corrected chi connectivity index (χ2v) is 9.85. The summed E-state index contributed by atoms with van der Waals surface area (Å²) in [6.45, 7) is 1.89. The van der Waals surface area contributed by atoms with Crippen molar-refractivity contribution in [1.29, 1.82) is 0 Å². The Hall–Kier alpha value is -0.630.